The Hall–Kier alpha value is -0.840. The number of aromatic nitrogens is 2. The van der Waals surface area contributed by atoms with Gasteiger partial charge in [-0.2, -0.15) is 13.5 Å². The Morgan fingerprint density at radius 1 is 1.50 bits per heavy atom. The van der Waals surface area contributed by atoms with E-state index in [1.54, 1.807) is 25.1 Å². The SMILES string of the molecule is Cc1[nH]nc(S(=O)(=O)Nc2ccc(Cl)cc2I)c1CO. The number of aryl methyl sites for hydroxylation is 1. The number of aromatic amines is 1. The summed E-state index contributed by atoms with van der Waals surface area (Å²) in [5.41, 5.74) is 1.17. The molecule has 1 aromatic carbocycles. The van der Waals surface area contributed by atoms with Gasteiger partial charge in [0.1, 0.15) is 0 Å². The normalized spacial score (nSPS) is 11.6. The monoisotopic (exact) mass is 427 g/mol. The third kappa shape index (κ3) is 3.08. The Morgan fingerprint density at radius 3 is 2.80 bits per heavy atom. The maximum atomic E-state index is 12.3. The Balaban J connectivity index is 2.41. The second-order valence-electron chi connectivity index (χ2n) is 4.02. The molecular formula is C11H11ClIN3O3S. The van der Waals surface area contributed by atoms with Crippen LogP contribution >= 0.6 is 34.2 Å². The summed E-state index contributed by atoms with van der Waals surface area (Å²) >= 11 is 7.80. The van der Waals surface area contributed by atoms with Crippen LogP contribution in [-0.4, -0.2) is 23.7 Å². The van der Waals surface area contributed by atoms with Crippen molar-refractivity contribution in [2.24, 2.45) is 0 Å². The molecule has 0 unspecified atom stereocenters. The number of nitrogens with one attached hydrogen (secondary N) is 2. The van der Waals surface area contributed by atoms with Gasteiger partial charge in [0, 0.05) is 19.9 Å². The molecule has 2 rings (SSSR count). The van der Waals surface area contributed by atoms with Gasteiger partial charge >= 0.3 is 0 Å². The number of anilines is 1. The Kier molecular flexibility index (Phi) is 4.57. The van der Waals surface area contributed by atoms with E-state index in [-0.39, 0.29) is 10.6 Å². The van der Waals surface area contributed by atoms with E-state index in [0.29, 0.717) is 20.0 Å². The smallest absolute Gasteiger partial charge is 0.281 e. The highest BCUT2D eigenvalue weighted by molar-refractivity contribution is 14.1. The van der Waals surface area contributed by atoms with E-state index in [2.05, 4.69) is 14.9 Å². The van der Waals surface area contributed by atoms with Crippen molar-refractivity contribution in [3.63, 3.8) is 0 Å². The standard InChI is InChI=1S/C11H11ClIN3O3S/c1-6-8(5-17)11(15-14-6)20(18,19)16-10-3-2-7(12)4-9(10)13/h2-4,16-17H,5H2,1H3,(H,14,15). The summed E-state index contributed by atoms with van der Waals surface area (Å²) in [7, 11) is -3.87. The van der Waals surface area contributed by atoms with Crippen LogP contribution in [0, 0.1) is 10.5 Å². The largest absolute Gasteiger partial charge is 0.392 e. The van der Waals surface area contributed by atoms with Crippen LogP contribution in [-0.2, 0) is 16.6 Å². The van der Waals surface area contributed by atoms with E-state index in [1.165, 1.54) is 0 Å². The first-order valence-corrected chi connectivity index (χ1v) is 8.41. The summed E-state index contributed by atoms with van der Waals surface area (Å²) in [4.78, 5) is 0. The molecule has 0 aliphatic carbocycles. The molecule has 0 amide bonds. The number of hydrogen-bond donors (Lipinski definition) is 3. The van der Waals surface area contributed by atoms with Crippen LogP contribution in [0.1, 0.15) is 11.3 Å². The number of nitrogens with zero attached hydrogens (tertiary/aromatic N) is 1. The molecule has 108 valence electrons. The van der Waals surface area contributed by atoms with Crippen molar-refractivity contribution >= 4 is 49.9 Å². The van der Waals surface area contributed by atoms with Gasteiger partial charge in [-0.05, 0) is 47.7 Å². The maximum Gasteiger partial charge on any atom is 0.281 e. The van der Waals surface area contributed by atoms with E-state index < -0.39 is 16.6 Å². The lowest BCUT2D eigenvalue weighted by atomic mass is 10.3. The van der Waals surface area contributed by atoms with Crippen LogP contribution in [0.3, 0.4) is 0 Å². The summed E-state index contributed by atoms with van der Waals surface area (Å²) in [6, 6.07) is 4.80. The highest BCUT2D eigenvalue weighted by Gasteiger charge is 2.24. The average molecular weight is 428 g/mol. The number of halogens is 2. The zero-order valence-electron chi connectivity index (χ0n) is 10.3. The zero-order valence-corrected chi connectivity index (χ0v) is 14.0. The molecule has 0 spiro atoms. The quantitative estimate of drug-likeness (QED) is 0.652. The van der Waals surface area contributed by atoms with Gasteiger partial charge in [-0.15, -0.1) is 0 Å². The summed E-state index contributed by atoms with van der Waals surface area (Å²) in [5, 5.41) is 15.8. The fourth-order valence-corrected chi connectivity index (χ4v) is 4.07. The van der Waals surface area contributed by atoms with E-state index >= 15 is 0 Å². The lowest BCUT2D eigenvalue weighted by Gasteiger charge is -2.09. The van der Waals surface area contributed by atoms with E-state index in [4.69, 9.17) is 11.6 Å². The van der Waals surface area contributed by atoms with E-state index in [9.17, 15) is 13.5 Å². The van der Waals surface area contributed by atoms with Crippen LogP contribution < -0.4 is 4.72 Å². The van der Waals surface area contributed by atoms with Crippen LogP contribution in [0.4, 0.5) is 5.69 Å². The molecule has 2 aromatic rings. The molecule has 9 heteroatoms. The van der Waals surface area contributed by atoms with Crippen molar-refractivity contribution < 1.29 is 13.5 Å². The van der Waals surface area contributed by atoms with Gasteiger partial charge in [0.05, 0.1) is 12.3 Å². The van der Waals surface area contributed by atoms with E-state index in [0.717, 1.165) is 0 Å². The first kappa shape index (κ1) is 15.5. The van der Waals surface area contributed by atoms with Crippen molar-refractivity contribution in [1.29, 1.82) is 0 Å². The minimum Gasteiger partial charge on any atom is -0.392 e. The molecule has 20 heavy (non-hydrogen) atoms. The van der Waals surface area contributed by atoms with Crippen molar-refractivity contribution in [1.82, 2.24) is 10.2 Å². The predicted octanol–water partition coefficient (Wildman–Crippen LogP) is 2.27. The highest BCUT2D eigenvalue weighted by atomic mass is 127. The molecule has 0 bridgehead atoms. The fourth-order valence-electron chi connectivity index (χ4n) is 1.60. The van der Waals surface area contributed by atoms with Crippen molar-refractivity contribution in [3.05, 3.63) is 38.0 Å². The maximum absolute atomic E-state index is 12.3. The van der Waals surface area contributed by atoms with Gasteiger partial charge in [0.25, 0.3) is 10.0 Å². The number of hydrogen-bond acceptors (Lipinski definition) is 4. The van der Waals surface area contributed by atoms with Crippen LogP contribution in [0.5, 0.6) is 0 Å². The zero-order chi connectivity index (χ0) is 14.9. The summed E-state index contributed by atoms with van der Waals surface area (Å²) in [6.45, 7) is 1.24. The Bertz CT molecular complexity index is 745. The van der Waals surface area contributed by atoms with Gasteiger partial charge in [0.2, 0.25) is 5.03 Å². The minimum absolute atomic E-state index is 0.205. The molecule has 0 aliphatic heterocycles. The molecule has 1 aromatic heterocycles. The highest BCUT2D eigenvalue weighted by Crippen LogP contribution is 2.25. The number of benzene rings is 1. The third-order valence-electron chi connectivity index (χ3n) is 2.62. The second-order valence-corrected chi connectivity index (χ2v) is 7.22. The molecule has 0 saturated heterocycles. The number of aliphatic hydroxyl groups excluding tert-OH is 1. The van der Waals surface area contributed by atoms with Crippen LogP contribution in [0.15, 0.2) is 23.2 Å². The molecule has 3 N–H and O–H groups in total. The Morgan fingerprint density at radius 2 is 2.20 bits per heavy atom. The average Bonchev–Trinajstić information content (AvgIpc) is 2.74. The summed E-state index contributed by atoms with van der Waals surface area (Å²) in [6.07, 6.45) is 0. The molecular weight excluding hydrogens is 417 g/mol. The van der Waals surface area contributed by atoms with Gasteiger partial charge in [-0.25, -0.2) is 0 Å². The molecule has 0 aliphatic rings. The number of rotatable bonds is 4. The van der Waals surface area contributed by atoms with Gasteiger partial charge in [-0.1, -0.05) is 11.6 Å². The first-order chi connectivity index (χ1) is 9.35. The van der Waals surface area contributed by atoms with Gasteiger partial charge in [0.15, 0.2) is 0 Å². The minimum atomic E-state index is -3.87. The lowest BCUT2D eigenvalue weighted by molar-refractivity contribution is 0.277. The summed E-state index contributed by atoms with van der Waals surface area (Å²) < 4.78 is 27.7. The van der Waals surface area contributed by atoms with Crippen LogP contribution in [0.25, 0.3) is 0 Å². The molecule has 1 heterocycles. The molecule has 0 radical (unpaired) electrons. The molecule has 6 nitrogen and oxygen atoms in total. The van der Waals surface area contributed by atoms with Crippen molar-refractivity contribution in [3.8, 4) is 0 Å². The molecule has 0 saturated carbocycles. The summed E-state index contributed by atoms with van der Waals surface area (Å²) in [5.74, 6) is 0. The number of aliphatic hydroxyl groups is 1. The topological polar surface area (TPSA) is 95.1 Å². The van der Waals surface area contributed by atoms with Gasteiger partial charge in [-0.3, -0.25) is 9.82 Å². The molecule has 0 atom stereocenters. The third-order valence-corrected chi connectivity index (χ3v) is 5.09. The van der Waals surface area contributed by atoms with Gasteiger partial charge < -0.3 is 5.11 Å². The number of sulfonamides is 1. The fraction of sp³-hybridized carbons (Fsp3) is 0.182. The Labute approximate surface area is 134 Å². The first-order valence-electron chi connectivity index (χ1n) is 5.47. The van der Waals surface area contributed by atoms with Crippen molar-refractivity contribution in [2.45, 2.75) is 18.6 Å². The predicted molar refractivity (Wildman–Crippen MR) is 84.2 cm³/mol. The lowest BCUT2D eigenvalue weighted by Crippen LogP contribution is -2.16. The number of H-pyrrole nitrogens is 1. The molecule has 0 fully saturated rings. The van der Waals surface area contributed by atoms with Crippen molar-refractivity contribution in [2.75, 3.05) is 4.72 Å². The van der Waals surface area contributed by atoms with Crippen LogP contribution in [0.2, 0.25) is 5.02 Å². The second kappa shape index (κ2) is 5.88. The van der Waals surface area contributed by atoms with E-state index in [1.807, 2.05) is 22.6 Å².